The van der Waals surface area contributed by atoms with Crippen LogP contribution in [0.25, 0.3) is 0 Å². The Labute approximate surface area is 61.1 Å². The molecule has 60 valence electrons. The van der Waals surface area contributed by atoms with E-state index in [0.29, 0.717) is 6.04 Å². The highest BCUT2D eigenvalue weighted by atomic mass is 16.3. The molecule has 0 radical (unpaired) electrons. The van der Waals surface area contributed by atoms with Crippen LogP contribution >= 0.6 is 0 Å². The van der Waals surface area contributed by atoms with Gasteiger partial charge in [-0.3, -0.25) is 0 Å². The van der Waals surface area contributed by atoms with Gasteiger partial charge < -0.3 is 15.5 Å². The van der Waals surface area contributed by atoms with Gasteiger partial charge in [0.1, 0.15) is 0 Å². The van der Waals surface area contributed by atoms with E-state index in [1.165, 1.54) is 0 Å². The van der Waals surface area contributed by atoms with Gasteiger partial charge in [0.15, 0.2) is 0 Å². The molecule has 3 N–H and O–H groups in total. The second-order valence-electron chi connectivity index (χ2n) is 3.12. The number of nitrogens with one attached hydrogen (secondary N) is 1. The molecule has 1 aliphatic rings. The summed E-state index contributed by atoms with van der Waals surface area (Å²) in [7, 11) is 0. The van der Waals surface area contributed by atoms with Crippen molar-refractivity contribution in [3.63, 3.8) is 0 Å². The molecule has 1 rings (SSSR count). The number of aliphatic hydroxyl groups is 2. The molecule has 0 aromatic heterocycles. The Morgan fingerprint density at radius 2 is 2.00 bits per heavy atom. The number of rotatable bonds is 3. The van der Waals surface area contributed by atoms with Crippen molar-refractivity contribution < 1.29 is 10.2 Å². The van der Waals surface area contributed by atoms with Crippen LogP contribution < -0.4 is 5.32 Å². The molecule has 3 nitrogen and oxygen atoms in total. The topological polar surface area (TPSA) is 62.4 Å². The summed E-state index contributed by atoms with van der Waals surface area (Å²) in [6, 6.07) is 0.534. The minimum Gasteiger partial charge on any atom is -0.396 e. The Hall–Kier alpha value is -0.120. The normalized spacial score (nSPS) is 37.2. The highest BCUT2D eigenvalue weighted by molar-refractivity contribution is 5.03. The molecule has 10 heavy (non-hydrogen) atoms. The van der Waals surface area contributed by atoms with E-state index in [1.807, 2.05) is 6.92 Å². The number of hydrogen-bond donors (Lipinski definition) is 3. The molecule has 0 spiro atoms. The van der Waals surface area contributed by atoms with Crippen molar-refractivity contribution in [2.24, 2.45) is 5.92 Å². The quantitative estimate of drug-likeness (QED) is 0.462. The molecule has 0 aromatic rings. The molecule has 1 saturated heterocycles. The van der Waals surface area contributed by atoms with E-state index < -0.39 is 0 Å². The van der Waals surface area contributed by atoms with Crippen LogP contribution in [0.5, 0.6) is 0 Å². The first kappa shape index (κ1) is 7.98. The fourth-order valence-electron chi connectivity index (χ4n) is 1.24. The third-order valence-corrected chi connectivity index (χ3v) is 2.08. The second kappa shape index (κ2) is 2.86. The van der Waals surface area contributed by atoms with E-state index in [2.05, 4.69) is 5.32 Å². The third-order valence-electron chi connectivity index (χ3n) is 2.08. The average Bonchev–Trinajstić information content (AvgIpc) is 2.64. The van der Waals surface area contributed by atoms with E-state index in [9.17, 15) is 0 Å². The molecule has 1 fully saturated rings. The Kier molecular flexibility index (Phi) is 2.28. The Bertz CT molecular complexity index is 116. The zero-order valence-electron chi connectivity index (χ0n) is 6.41. The molecular formula is C7H15NO2. The molecule has 0 bridgehead atoms. The lowest BCUT2D eigenvalue weighted by atomic mass is 10.0. The first-order valence-corrected chi connectivity index (χ1v) is 3.71. The molecule has 0 aromatic carbocycles. The maximum absolute atomic E-state index is 9.06. The standard InChI is InChI=1S/C7H15NO2/c1-4(3-9)6-7(8-6)5(2)10/h4-10H,3H2,1-2H3/t4-,5+,6+,7-/m0/s1. The summed E-state index contributed by atoms with van der Waals surface area (Å²) in [5.74, 6) is 0.264. The van der Waals surface area contributed by atoms with Gasteiger partial charge in [0.2, 0.25) is 0 Å². The van der Waals surface area contributed by atoms with Crippen molar-refractivity contribution in [2.45, 2.75) is 32.0 Å². The molecule has 0 unspecified atom stereocenters. The Morgan fingerprint density at radius 1 is 1.40 bits per heavy atom. The second-order valence-corrected chi connectivity index (χ2v) is 3.12. The monoisotopic (exact) mass is 145 g/mol. The van der Waals surface area contributed by atoms with E-state index in [0.717, 1.165) is 0 Å². The smallest absolute Gasteiger partial charge is 0.0680 e. The summed E-state index contributed by atoms with van der Waals surface area (Å²) in [5, 5.41) is 20.9. The maximum Gasteiger partial charge on any atom is 0.0680 e. The van der Waals surface area contributed by atoms with Crippen LogP contribution in [0.3, 0.4) is 0 Å². The molecule has 0 saturated carbocycles. The van der Waals surface area contributed by atoms with Crippen LogP contribution in [0, 0.1) is 5.92 Å². The van der Waals surface area contributed by atoms with Crippen LogP contribution in [-0.4, -0.2) is 35.0 Å². The lowest BCUT2D eigenvalue weighted by Crippen LogP contribution is -2.18. The van der Waals surface area contributed by atoms with Gasteiger partial charge in [0.05, 0.1) is 6.10 Å². The van der Waals surface area contributed by atoms with E-state index in [4.69, 9.17) is 10.2 Å². The van der Waals surface area contributed by atoms with Gasteiger partial charge >= 0.3 is 0 Å². The van der Waals surface area contributed by atoms with Crippen LogP contribution in [0.4, 0.5) is 0 Å². The highest BCUT2D eigenvalue weighted by Gasteiger charge is 2.42. The van der Waals surface area contributed by atoms with Crippen molar-refractivity contribution in [1.82, 2.24) is 5.32 Å². The minimum absolute atomic E-state index is 0.195. The summed E-state index contributed by atoms with van der Waals surface area (Å²) in [6.45, 7) is 3.93. The average molecular weight is 145 g/mol. The summed E-state index contributed by atoms with van der Waals surface area (Å²) in [4.78, 5) is 0. The zero-order chi connectivity index (χ0) is 7.72. The molecule has 0 amide bonds. The lowest BCUT2D eigenvalue weighted by Gasteiger charge is -2.04. The molecule has 1 aliphatic heterocycles. The van der Waals surface area contributed by atoms with Crippen molar-refractivity contribution >= 4 is 0 Å². The van der Waals surface area contributed by atoms with Crippen molar-refractivity contribution in [3.8, 4) is 0 Å². The van der Waals surface area contributed by atoms with Crippen molar-refractivity contribution in [1.29, 1.82) is 0 Å². The van der Waals surface area contributed by atoms with E-state index >= 15 is 0 Å². The van der Waals surface area contributed by atoms with Gasteiger partial charge in [-0.05, 0) is 12.8 Å². The van der Waals surface area contributed by atoms with Gasteiger partial charge in [-0.2, -0.15) is 0 Å². The van der Waals surface area contributed by atoms with Gasteiger partial charge in [0, 0.05) is 18.7 Å². The predicted molar refractivity (Wildman–Crippen MR) is 38.6 cm³/mol. The SMILES string of the molecule is C[C@@H](O)[C@@H]1N[C@@H]1[C@@H](C)CO. The van der Waals surface area contributed by atoms with Crippen LogP contribution in [0.2, 0.25) is 0 Å². The van der Waals surface area contributed by atoms with Gasteiger partial charge in [-0.25, -0.2) is 0 Å². The summed E-state index contributed by atoms with van der Waals surface area (Å²) in [6.07, 6.45) is -0.293. The fraction of sp³-hybridized carbons (Fsp3) is 1.00. The third kappa shape index (κ3) is 1.48. The summed E-state index contributed by atoms with van der Waals surface area (Å²) < 4.78 is 0. The zero-order valence-corrected chi connectivity index (χ0v) is 6.41. The van der Waals surface area contributed by atoms with E-state index in [1.54, 1.807) is 6.92 Å². The lowest BCUT2D eigenvalue weighted by molar-refractivity contribution is 0.181. The molecule has 3 heteroatoms. The Balaban J connectivity index is 2.24. The fourth-order valence-corrected chi connectivity index (χ4v) is 1.24. The molecular weight excluding hydrogens is 130 g/mol. The molecule has 4 atom stereocenters. The largest absolute Gasteiger partial charge is 0.396 e. The van der Waals surface area contributed by atoms with Gasteiger partial charge in [-0.1, -0.05) is 6.92 Å². The van der Waals surface area contributed by atoms with E-state index in [-0.39, 0.29) is 24.7 Å². The summed E-state index contributed by atoms with van der Waals surface area (Å²) in [5.41, 5.74) is 0. The molecule has 0 aliphatic carbocycles. The highest BCUT2D eigenvalue weighted by Crippen LogP contribution is 2.22. The van der Waals surface area contributed by atoms with Crippen molar-refractivity contribution in [3.05, 3.63) is 0 Å². The first-order chi connectivity index (χ1) is 4.66. The summed E-state index contributed by atoms with van der Waals surface area (Å²) >= 11 is 0. The predicted octanol–water partition coefficient (Wildman–Crippen LogP) is -0.664. The number of aliphatic hydroxyl groups excluding tert-OH is 2. The van der Waals surface area contributed by atoms with Gasteiger partial charge in [-0.15, -0.1) is 0 Å². The van der Waals surface area contributed by atoms with Gasteiger partial charge in [0.25, 0.3) is 0 Å². The first-order valence-electron chi connectivity index (χ1n) is 3.71. The molecule has 1 heterocycles. The number of hydrogen-bond acceptors (Lipinski definition) is 3. The van der Waals surface area contributed by atoms with Crippen LogP contribution in [0.1, 0.15) is 13.8 Å². The maximum atomic E-state index is 9.06. The minimum atomic E-state index is -0.293. The Morgan fingerprint density at radius 3 is 2.30 bits per heavy atom. The van der Waals surface area contributed by atoms with Crippen LogP contribution in [0.15, 0.2) is 0 Å². The van der Waals surface area contributed by atoms with Crippen LogP contribution in [-0.2, 0) is 0 Å². The van der Waals surface area contributed by atoms with Crippen molar-refractivity contribution in [2.75, 3.05) is 6.61 Å².